The average Bonchev–Trinajstić information content (AvgIpc) is 2.40. The number of hydrogen-bond donors (Lipinski definition) is 0. The van der Waals surface area contributed by atoms with E-state index in [0.29, 0.717) is 11.7 Å². The van der Waals surface area contributed by atoms with E-state index in [1.54, 1.807) is 0 Å². The Hall–Kier alpha value is -1.29. The van der Waals surface area contributed by atoms with Crippen LogP contribution in [0, 0.1) is 11.7 Å². The van der Waals surface area contributed by atoms with Gasteiger partial charge in [-0.15, -0.1) is 0 Å². The highest BCUT2D eigenvalue weighted by molar-refractivity contribution is 6.30. The lowest BCUT2D eigenvalue weighted by Crippen LogP contribution is -2.40. The molecule has 1 aromatic rings. The van der Waals surface area contributed by atoms with Crippen LogP contribution in [0.25, 0.3) is 0 Å². The number of amides is 1. The molecule has 0 N–H and O–H groups in total. The molecular weight excluding hydrogens is 269 g/mol. The van der Waals surface area contributed by atoms with Gasteiger partial charge in [-0.05, 0) is 30.9 Å². The Morgan fingerprint density at radius 3 is 2.79 bits per heavy atom. The van der Waals surface area contributed by atoms with Crippen molar-refractivity contribution in [1.82, 2.24) is 4.90 Å². The maximum atomic E-state index is 13.0. The van der Waals surface area contributed by atoms with Crippen molar-refractivity contribution < 1.29 is 13.9 Å². The summed E-state index contributed by atoms with van der Waals surface area (Å²) in [5.41, 5.74) is 0. The van der Waals surface area contributed by atoms with E-state index in [4.69, 9.17) is 16.3 Å². The summed E-state index contributed by atoms with van der Waals surface area (Å²) in [7, 11) is 0. The lowest BCUT2D eigenvalue weighted by atomic mass is 9.99. The number of halogens is 2. The molecular formula is C14H17ClFNO2. The maximum absolute atomic E-state index is 13.0. The highest BCUT2D eigenvalue weighted by atomic mass is 35.5. The van der Waals surface area contributed by atoms with Crippen molar-refractivity contribution in [1.29, 1.82) is 0 Å². The molecule has 0 aromatic heterocycles. The molecule has 1 amide bonds. The first-order valence-electron chi connectivity index (χ1n) is 6.42. The molecule has 1 aliphatic rings. The fourth-order valence-electron chi connectivity index (χ4n) is 2.06. The molecule has 0 unspecified atom stereocenters. The topological polar surface area (TPSA) is 29.5 Å². The molecule has 3 nitrogen and oxygen atoms in total. The summed E-state index contributed by atoms with van der Waals surface area (Å²) in [5, 5.41) is -0.00301. The third-order valence-electron chi connectivity index (χ3n) is 3.39. The SMILES string of the molecule is CC1CCN(C(=O)COc2ccc(F)c(Cl)c2)CC1. The van der Waals surface area contributed by atoms with Crippen LogP contribution in [-0.4, -0.2) is 30.5 Å². The zero-order chi connectivity index (χ0) is 13.8. The summed E-state index contributed by atoms with van der Waals surface area (Å²) in [5.74, 6) is 0.559. The van der Waals surface area contributed by atoms with Crippen molar-refractivity contribution >= 4 is 17.5 Å². The molecule has 0 bridgehead atoms. The van der Waals surface area contributed by atoms with E-state index in [9.17, 15) is 9.18 Å². The van der Waals surface area contributed by atoms with E-state index < -0.39 is 5.82 Å². The number of benzene rings is 1. The van der Waals surface area contributed by atoms with Crippen LogP contribution in [0.15, 0.2) is 18.2 Å². The molecule has 104 valence electrons. The van der Waals surface area contributed by atoms with E-state index in [0.717, 1.165) is 25.9 Å². The van der Waals surface area contributed by atoms with E-state index in [-0.39, 0.29) is 17.5 Å². The van der Waals surface area contributed by atoms with Gasteiger partial charge in [-0.1, -0.05) is 18.5 Å². The Morgan fingerprint density at radius 1 is 1.47 bits per heavy atom. The number of nitrogens with zero attached hydrogens (tertiary/aromatic N) is 1. The molecule has 0 atom stereocenters. The highest BCUT2D eigenvalue weighted by Crippen LogP contribution is 2.21. The number of hydrogen-bond acceptors (Lipinski definition) is 2. The largest absolute Gasteiger partial charge is 0.484 e. The second-order valence-corrected chi connectivity index (χ2v) is 5.34. The molecule has 0 saturated carbocycles. The van der Waals surface area contributed by atoms with E-state index >= 15 is 0 Å². The minimum Gasteiger partial charge on any atom is -0.484 e. The minimum atomic E-state index is -0.495. The fraction of sp³-hybridized carbons (Fsp3) is 0.500. The van der Waals surface area contributed by atoms with E-state index in [2.05, 4.69) is 6.92 Å². The summed E-state index contributed by atoms with van der Waals surface area (Å²) in [4.78, 5) is 13.7. The molecule has 1 saturated heterocycles. The standard InChI is InChI=1S/C14H17ClFNO2/c1-10-4-6-17(7-5-10)14(18)9-19-11-2-3-13(16)12(15)8-11/h2-3,8,10H,4-7,9H2,1H3. The Labute approximate surface area is 117 Å². The van der Waals surface area contributed by atoms with Gasteiger partial charge in [0, 0.05) is 19.2 Å². The molecule has 1 heterocycles. The third kappa shape index (κ3) is 3.83. The Bertz CT molecular complexity index is 459. The monoisotopic (exact) mass is 285 g/mol. The summed E-state index contributed by atoms with van der Waals surface area (Å²) < 4.78 is 18.3. The highest BCUT2D eigenvalue weighted by Gasteiger charge is 2.20. The molecule has 1 aromatic carbocycles. The van der Waals surface area contributed by atoms with Crippen molar-refractivity contribution in [3.8, 4) is 5.75 Å². The number of ether oxygens (including phenoxy) is 1. The van der Waals surface area contributed by atoms with Gasteiger partial charge >= 0.3 is 0 Å². The summed E-state index contributed by atoms with van der Waals surface area (Å²) in [6.07, 6.45) is 2.07. The molecule has 1 fully saturated rings. The van der Waals surface area contributed by atoms with Gasteiger partial charge < -0.3 is 9.64 Å². The van der Waals surface area contributed by atoms with Gasteiger partial charge in [-0.25, -0.2) is 4.39 Å². The predicted molar refractivity (Wildman–Crippen MR) is 71.9 cm³/mol. The number of rotatable bonds is 3. The van der Waals surface area contributed by atoms with E-state index in [1.807, 2.05) is 4.90 Å². The molecule has 1 aliphatic heterocycles. The normalized spacial score (nSPS) is 16.5. The van der Waals surface area contributed by atoms with Crippen molar-refractivity contribution in [2.75, 3.05) is 19.7 Å². The van der Waals surface area contributed by atoms with Crippen LogP contribution in [0.1, 0.15) is 19.8 Å². The molecule has 0 spiro atoms. The zero-order valence-electron chi connectivity index (χ0n) is 10.9. The zero-order valence-corrected chi connectivity index (χ0v) is 11.6. The number of piperidine rings is 1. The van der Waals surface area contributed by atoms with Crippen LogP contribution in [0.5, 0.6) is 5.75 Å². The lowest BCUT2D eigenvalue weighted by Gasteiger charge is -2.30. The van der Waals surface area contributed by atoms with Crippen LogP contribution in [0.4, 0.5) is 4.39 Å². The first-order valence-corrected chi connectivity index (χ1v) is 6.79. The van der Waals surface area contributed by atoms with Crippen LogP contribution in [0.2, 0.25) is 5.02 Å². The quantitative estimate of drug-likeness (QED) is 0.854. The first kappa shape index (κ1) is 14.1. The molecule has 2 rings (SSSR count). The van der Waals surface area contributed by atoms with Crippen molar-refractivity contribution in [3.63, 3.8) is 0 Å². The Balaban J connectivity index is 1.84. The van der Waals surface area contributed by atoms with Crippen LogP contribution in [-0.2, 0) is 4.79 Å². The molecule has 0 aliphatic carbocycles. The summed E-state index contributed by atoms with van der Waals surface area (Å²) in [6.45, 7) is 3.73. The summed E-state index contributed by atoms with van der Waals surface area (Å²) in [6, 6.07) is 4.07. The van der Waals surface area contributed by atoms with Gasteiger partial charge in [0.05, 0.1) is 5.02 Å². The van der Waals surface area contributed by atoms with Gasteiger partial charge in [-0.2, -0.15) is 0 Å². The van der Waals surface area contributed by atoms with Gasteiger partial charge in [-0.3, -0.25) is 4.79 Å². The fourth-order valence-corrected chi connectivity index (χ4v) is 2.23. The maximum Gasteiger partial charge on any atom is 0.260 e. The van der Waals surface area contributed by atoms with Crippen LogP contribution in [0.3, 0.4) is 0 Å². The van der Waals surface area contributed by atoms with Crippen molar-refractivity contribution in [3.05, 3.63) is 29.0 Å². The Kier molecular flexibility index (Phi) is 4.64. The molecule has 5 heteroatoms. The van der Waals surface area contributed by atoms with Gasteiger partial charge in [0.1, 0.15) is 11.6 Å². The number of likely N-dealkylation sites (tertiary alicyclic amines) is 1. The van der Waals surface area contributed by atoms with E-state index in [1.165, 1.54) is 18.2 Å². The second-order valence-electron chi connectivity index (χ2n) is 4.93. The predicted octanol–water partition coefficient (Wildman–Crippen LogP) is 3.12. The second kappa shape index (κ2) is 6.24. The van der Waals surface area contributed by atoms with Crippen LogP contribution < -0.4 is 4.74 Å². The third-order valence-corrected chi connectivity index (χ3v) is 3.68. The summed E-state index contributed by atoms with van der Waals surface area (Å²) >= 11 is 5.64. The average molecular weight is 286 g/mol. The van der Waals surface area contributed by atoms with Crippen molar-refractivity contribution in [2.45, 2.75) is 19.8 Å². The van der Waals surface area contributed by atoms with Crippen LogP contribution >= 0.6 is 11.6 Å². The van der Waals surface area contributed by atoms with Gasteiger partial charge in [0.15, 0.2) is 6.61 Å². The lowest BCUT2D eigenvalue weighted by molar-refractivity contribution is -0.134. The molecule has 19 heavy (non-hydrogen) atoms. The smallest absolute Gasteiger partial charge is 0.260 e. The Morgan fingerprint density at radius 2 is 2.16 bits per heavy atom. The van der Waals surface area contributed by atoms with Gasteiger partial charge in [0.25, 0.3) is 5.91 Å². The number of carbonyl (C=O) groups is 1. The molecule has 0 radical (unpaired) electrons. The van der Waals surface area contributed by atoms with Crippen molar-refractivity contribution in [2.24, 2.45) is 5.92 Å². The first-order chi connectivity index (χ1) is 9.06. The number of carbonyl (C=O) groups excluding carboxylic acids is 1. The van der Waals surface area contributed by atoms with Gasteiger partial charge in [0.2, 0.25) is 0 Å². The minimum absolute atomic E-state index is 0.00301.